The second-order valence-electron chi connectivity index (χ2n) is 7.03. The van der Waals surface area contributed by atoms with Crippen LogP contribution < -0.4 is 28.9 Å². The number of rotatable bonds is 9. The number of carboxylic acids is 2. The number of carbonyl (C=O) groups is 3. The number of aliphatic carboxylic acids is 2. The quantitative estimate of drug-likeness (QED) is 0.160. The summed E-state index contributed by atoms with van der Waals surface area (Å²) in [6.07, 6.45) is 2.27. The molecule has 13 N–H and O–H groups in total. The first kappa shape index (κ1) is 33.0. The number of carbonyl (C=O) groups excluding carboxylic acids is 1. The van der Waals surface area contributed by atoms with Crippen molar-refractivity contribution in [2.24, 2.45) is 0 Å². The normalized spacial score (nSPS) is 10.8. The molecule has 16 heteroatoms. The Bertz CT molecular complexity index is 1220. The molecule has 0 saturated carbocycles. The monoisotopic (exact) mass is 726 g/mol. The number of hydrogen-bond donors (Lipinski definition) is 8. The Morgan fingerprint density at radius 1 is 1.11 bits per heavy atom. The van der Waals surface area contributed by atoms with Gasteiger partial charge in [0.15, 0.2) is 0 Å². The topological polar surface area (TPSA) is 261 Å². The number of nitrogens with two attached hydrogens (primary N) is 1. The number of aromatic amines is 2. The third-order valence-corrected chi connectivity index (χ3v) is 4.79. The summed E-state index contributed by atoms with van der Waals surface area (Å²) in [5.74, 6) is -3.00. The van der Waals surface area contributed by atoms with Crippen molar-refractivity contribution in [3.05, 3.63) is 57.5 Å². The number of nitrogens with one attached hydrogen (secondary N) is 3. The van der Waals surface area contributed by atoms with Gasteiger partial charge >= 0.3 is 47.3 Å². The van der Waals surface area contributed by atoms with Gasteiger partial charge in [0, 0.05) is 18.2 Å². The van der Waals surface area contributed by atoms with Gasteiger partial charge in [-0.2, -0.15) is 4.98 Å². The first-order valence-electron chi connectivity index (χ1n) is 9.68. The Kier molecular flexibility index (Phi) is 14.6. The molecule has 2 heterocycles. The van der Waals surface area contributed by atoms with Crippen LogP contribution in [0.5, 0.6) is 0 Å². The van der Waals surface area contributed by atoms with Gasteiger partial charge in [-0.3, -0.25) is 19.4 Å². The Labute approximate surface area is 221 Å². The number of halogens is 2. The summed E-state index contributed by atoms with van der Waals surface area (Å²) in [5, 5.41) is 20.6. The predicted molar refractivity (Wildman–Crippen MR) is 132 cm³/mol. The minimum atomic E-state index is -1.30. The maximum absolute atomic E-state index is 12.3. The molecule has 3 aromatic rings. The third kappa shape index (κ3) is 9.59. The summed E-state index contributed by atoms with van der Waals surface area (Å²) < 4.78 is 0. The molecule has 0 aliphatic heterocycles. The maximum atomic E-state index is 12.3. The van der Waals surface area contributed by atoms with E-state index in [2.05, 4.69) is 20.3 Å². The number of amides is 1. The first-order chi connectivity index (χ1) is 16.2. The van der Waals surface area contributed by atoms with Gasteiger partial charge in [-0.25, -0.2) is 4.79 Å². The Hall–Kier alpha value is -2.96. The molecule has 0 aliphatic rings. The van der Waals surface area contributed by atoms with Crippen molar-refractivity contribution >= 4 is 53.7 Å². The predicted octanol–water partition coefficient (Wildman–Crippen LogP) is 2.37. The number of hydrogen-bond acceptors (Lipinski definition) is 8. The number of benzene rings is 1. The van der Waals surface area contributed by atoms with E-state index in [9.17, 15) is 19.2 Å². The van der Waals surface area contributed by atoms with Gasteiger partial charge in [-0.1, -0.05) is 12.1 Å². The Balaban J connectivity index is 0.00000233. The van der Waals surface area contributed by atoms with E-state index in [-0.39, 0.29) is 42.2 Å². The zero-order chi connectivity index (χ0) is 25.3. The summed E-state index contributed by atoms with van der Waals surface area (Å²) in [6.45, 7) is 0. The zero-order valence-corrected chi connectivity index (χ0v) is 22.6. The summed E-state index contributed by atoms with van der Waals surface area (Å²) in [7, 11) is 9.75. The molecule has 36 heavy (non-hydrogen) atoms. The number of carboxylic acid groups (broad SMARTS) is 2. The molecule has 2 aromatic heterocycles. The van der Waals surface area contributed by atoms with Gasteiger partial charge < -0.3 is 38.5 Å². The average molecular weight is 727 g/mol. The van der Waals surface area contributed by atoms with E-state index in [1.54, 1.807) is 30.5 Å². The van der Waals surface area contributed by atoms with Crippen LogP contribution in [0.25, 0.3) is 11.0 Å². The molecule has 1 amide bonds. The molecular weight excluding hydrogens is 700 g/mol. The van der Waals surface area contributed by atoms with Crippen LogP contribution >= 0.6 is 18.8 Å². The van der Waals surface area contributed by atoms with Crippen LogP contribution in [0.1, 0.15) is 34.3 Å². The van der Waals surface area contributed by atoms with Crippen LogP contribution in [-0.4, -0.2) is 49.1 Å². The summed E-state index contributed by atoms with van der Waals surface area (Å²) >= 11 is -0.472. The second kappa shape index (κ2) is 15.9. The van der Waals surface area contributed by atoms with E-state index in [1.807, 2.05) is 0 Å². The number of anilines is 1. The third-order valence-electron chi connectivity index (χ3n) is 4.79. The van der Waals surface area contributed by atoms with Crippen LogP contribution in [0.4, 0.5) is 5.95 Å². The van der Waals surface area contributed by atoms with Crippen molar-refractivity contribution in [3.8, 4) is 0 Å². The molecule has 0 bridgehead atoms. The molecule has 0 aliphatic carbocycles. The van der Waals surface area contributed by atoms with Crippen LogP contribution in [0.3, 0.4) is 0 Å². The molecule has 0 radical (unpaired) electrons. The second-order valence-corrected chi connectivity index (χ2v) is 10.3. The van der Waals surface area contributed by atoms with Gasteiger partial charge in [0.25, 0.3) is 11.5 Å². The zero-order valence-electron chi connectivity index (χ0n) is 18.8. The van der Waals surface area contributed by atoms with E-state index in [1.165, 1.54) is 0 Å². The number of nitrogens with zero attached hydrogens (tertiary/aromatic N) is 1. The van der Waals surface area contributed by atoms with Crippen LogP contribution in [0.2, 0.25) is 0 Å². The van der Waals surface area contributed by atoms with Crippen LogP contribution in [0.15, 0.2) is 35.3 Å². The van der Waals surface area contributed by atoms with Gasteiger partial charge in [0.05, 0.1) is 5.39 Å². The van der Waals surface area contributed by atoms with E-state index in [4.69, 9.17) is 34.8 Å². The van der Waals surface area contributed by atoms with Crippen molar-refractivity contribution in [3.63, 3.8) is 0 Å². The van der Waals surface area contributed by atoms with E-state index in [0.717, 1.165) is 11.1 Å². The molecule has 0 spiro atoms. The molecule has 0 fully saturated rings. The molecule has 1 atom stereocenters. The standard InChI is InChI=1S/C20H21N5O6.2ClH.2H3N.Pt/c21-20-24-16-15(18(29)25-20)12(9-22-16)6-3-10-1-4-11(5-2-10)17(28)23-13(19(30)31)7-8-14(26)27;;;;;/h1-2,4-5,9,13H,3,6-8H2,(H,23,28)(H,26,27)(H,30,31)(H4,21,22,24,25,29);2*1H;2*1H3;/q;;;;;+2/p-2/t13-;;;;;/m0...../s1. The fraction of sp³-hybridized carbons (Fsp3) is 0.250. The fourth-order valence-corrected chi connectivity index (χ4v) is 3.19. The summed E-state index contributed by atoms with van der Waals surface area (Å²) in [4.78, 5) is 55.7. The molecule has 0 saturated heterocycles. The van der Waals surface area contributed by atoms with E-state index >= 15 is 0 Å². The first-order valence-corrected chi connectivity index (χ1v) is 15.3. The van der Waals surface area contributed by atoms with Gasteiger partial charge in [-0.05, 0) is 42.5 Å². The van der Waals surface area contributed by atoms with Crippen molar-refractivity contribution in [1.82, 2.24) is 32.6 Å². The van der Waals surface area contributed by atoms with E-state index < -0.39 is 40.4 Å². The average Bonchev–Trinajstić information content (AvgIpc) is 3.18. The van der Waals surface area contributed by atoms with Crippen molar-refractivity contribution < 1.29 is 41.1 Å². The van der Waals surface area contributed by atoms with Crippen molar-refractivity contribution in [2.75, 3.05) is 5.73 Å². The molecule has 13 nitrogen and oxygen atoms in total. The minimum absolute atomic E-state index is 0. The molecule has 1 aromatic carbocycles. The van der Waals surface area contributed by atoms with Gasteiger partial charge in [0.2, 0.25) is 5.95 Å². The van der Waals surface area contributed by atoms with Crippen LogP contribution in [-0.2, 0) is 38.9 Å². The number of H-pyrrole nitrogens is 2. The summed E-state index contributed by atoms with van der Waals surface area (Å²) in [5.41, 5.74) is 7.59. The van der Waals surface area contributed by atoms with Crippen LogP contribution in [0, 0.1) is 0 Å². The fourth-order valence-electron chi connectivity index (χ4n) is 3.19. The van der Waals surface area contributed by atoms with Gasteiger partial charge in [-0.15, -0.1) is 0 Å². The molecular formula is C20H27Cl2N7O6Pt. The Morgan fingerprint density at radius 3 is 2.28 bits per heavy atom. The number of fused-ring (bicyclic) bond motifs is 1. The molecule has 202 valence electrons. The molecule has 3 rings (SSSR count). The molecule has 0 unspecified atom stereocenters. The number of nitrogen functional groups attached to an aromatic ring is 1. The Morgan fingerprint density at radius 2 is 1.72 bits per heavy atom. The summed E-state index contributed by atoms with van der Waals surface area (Å²) in [6, 6.07) is 5.30. The number of aromatic nitrogens is 3. The number of aryl methyl sites for hydroxylation is 2. The van der Waals surface area contributed by atoms with Gasteiger partial charge in [0.1, 0.15) is 11.7 Å². The van der Waals surface area contributed by atoms with E-state index in [0.29, 0.717) is 23.9 Å². The SMILES string of the molecule is N.N.Nc1nc2[nH]cc(CCc3ccc(C(=O)N[C@@H](CCC(=O)O)C(=O)O)cc3)c2c(=O)[nH]1.[Cl][Pt][Cl]. The van der Waals surface area contributed by atoms with Crippen molar-refractivity contribution in [2.45, 2.75) is 31.7 Å². The van der Waals surface area contributed by atoms with Crippen molar-refractivity contribution in [1.29, 1.82) is 0 Å².